The van der Waals surface area contributed by atoms with E-state index in [2.05, 4.69) is 19.7 Å². The maximum atomic E-state index is 5.75. The Morgan fingerprint density at radius 2 is 1.73 bits per heavy atom. The van der Waals surface area contributed by atoms with Crippen LogP contribution in [0.25, 0.3) is 6.08 Å². The van der Waals surface area contributed by atoms with Crippen molar-refractivity contribution in [3.8, 4) is 0 Å². The fraction of sp³-hybridized carbons (Fsp3) is 0. The fourth-order valence-corrected chi connectivity index (χ4v) is 0.854. The van der Waals surface area contributed by atoms with Gasteiger partial charge in [-0.25, -0.2) is 0 Å². The molecule has 11 heavy (non-hydrogen) atoms. The molecule has 0 aliphatic heterocycles. The number of hydrogen-bond acceptors (Lipinski definition) is 0. The van der Waals surface area contributed by atoms with Gasteiger partial charge in [0, 0.05) is 5.02 Å². The Hall–Kier alpha value is -1.01. The van der Waals surface area contributed by atoms with E-state index in [1.54, 1.807) is 6.08 Å². The zero-order valence-corrected chi connectivity index (χ0v) is 7.14. The first kappa shape index (κ1) is 9.99. The van der Waals surface area contributed by atoms with Crippen LogP contribution in [-0.4, -0.2) is 0 Å². The molecule has 1 aromatic rings. The van der Waals surface area contributed by atoms with Gasteiger partial charge in [-0.05, 0) is 11.6 Å². The van der Waals surface area contributed by atoms with Crippen molar-refractivity contribution in [1.29, 1.82) is 0 Å². The van der Waals surface area contributed by atoms with Gasteiger partial charge < -0.3 is 0 Å². The molecule has 0 fully saturated rings. The van der Waals surface area contributed by atoms with Gasteiger partial charge in [0.15, 0.2) is 0 Å². The van der Waals surface area contributed by atoms with Gasteiger partial charge in [-0.3, -0.25) is 0 Å². The summed E-state index contributed by atoms with van der Waals surface area (Å²) in [6.07, 6.45) is 1.74. The van der Waals surface area contributed by atoms with E-state index in [0.29, 0.717) is 0 Å². The molecule has 58 valence electrons. The van der Waals surface area contributed by atoms with Crippen molar-refractivity contribution < 1.29 is 0 Å². The molecular weight excluding hydrogens is 156 g/mol. The number of hydrogen-bond donors (Lipinski definition) is 0. The Morgan fingerprint density at radius 1 is 1.18 bits per heavy atom. The molecule has 0 amide bonds. The van der Waals surface area contributed by atoms with E-state index in [-0.39, 0.29) is 0 Å². The van der Waals surface area contributed by atoms with Gasteiger partial charge in [0.1, 0.15) is 0 Å². The Morgan fingerprint density at radius 3 is 2.09 bits per heavy atom. The number of benzene rings is 1. The van der Waals surface area contributed by atoms with Crippen LogP contribution >= 0.6 is 11.6 Å². The monoisotopic (exact) mass is 166 g/mol. The SMILES string of the molecule is C=C.C=Cc1ccccc1Cl. The highest BCUT2D eigenvalue weighted by atomic mass is 35.5. The van der Waals surface area contributed by atoms with E-state index in [0.717, 1.165) is 10.6 Å². The third-order valence-electron chi connectivity index (χ3n) is 1.13. The molecule has 0 radical (unpaired) electrons. The van der Waals surface area contributed by atoms with E-state index >= 15 is 0 Å². The van der Waals surface area contributed by atoms with Crippen molar-refractivity contribution >= 4 is 17.7 Å². The molecule has 0 saturated carbocycles. The summed E-state index contributed by atoms with van der Waals surface area (Å²) < 4.78 is 0. The molecule has 0 spiro atoms. The fourth-order valence-electron chi connectivity index (χ4n) is 0.641. The maximum absolute atomic E-state index is 5.75. The van der Waals surface area contributed by atoms with E-state index in [9.17, 15) is 0 Å². The summed E-state index contributed by atoms with van der Waals surface area (Å²) in [5.74, 6) is 0. The minimum Gasteiger partial charge on any atom is -0.106 e. The van der Waals surface area contributed by atoms with E-state index < -0.39 is 0 Å². The van der Waals surface area contributed by atoms with E-state index in [4.69, 9.17) is 11.6 Å². The minimum atomic E-state index is 0.757. The van der Waals surface area contributed by atoms with Crippen LogP contribution in [0.4, 0.5) is 0 Å². The third-order valence-corrected chi connectivity index (χ3v) is 1.47. The lowest BCUT2D eigenvalue weighted by molar-refractivity contribution is 1.66. The lowest BCUT2D eigenvalue weighted by Gasteiger charge is -1.92. The van der Waals surface area contributed by atoms with Crippen molar-refractivity contribution in [2.45, 2.75) is 0 Å². The van der Waals surface area contributed by atoms with Crippen molar-refractivity contribution in [2.75, 3.05) is 0 Å². The summed E-state index contributed by atoms with van der Waals surface area (Å²) in [4.78, 5) is 0. The van der Waals surface area contributed by atoms with Crippen LogP contribution in [-0.2, 0) is 0 Å². The smallest absolute Gasteiger partial charge is 0.0478 e. The number of rotatable bonds is 1. The first-order valence-electron chi connectivity index (χ1n) is 3.21. The highest BCUT2D eigenvalue weighted by molar-refractivity contribution is 6.32. The van der Waals surface area contributed by atoms with Crippen LogP contribution in [0.2, 0.25) is 5.02 Å². The largest absolute Gasteiger partial charge is 0.106 e. The van der Waals surface area contributed by atoms with Gasteiger partial charge >= 0.3 is 0 Å². The summed E-state index contributed by atoms with van der Waals surface area (Å²) in [6, 6.07) is 7.60. The van der Waals surface area contributed by atoms with Gasteiger partial charge in [-0.1, -0.05) is 42.5 Å². The molecule has 0 saturated heterocycles. The van der Waals surface area contributed by atoms with Crippen molar-refractivity contribution in [3.63, 3.8) is 0 Å². The van der Waals surface area contributed by atoms with Gasteiger partial charge in [0.25, 0.3) is 0 Å². The minimum absolute atomic E-state index is 0.757. The van der Waals surface area contributed by atoms with Gasteiger partial charge in [0.2, 0.25) is 0 Å². The standard InChI is InChI=1S/C8H7Cl.C2H4/c1-2-7-5-3-4-6-8(7)9;1-2/h2-6H,1H2;1-2H2. The van der Waals surface area contributed by atoms with Crippen LogP contribution < -0.4 is 0 Å². The predicted octanol–water partition coefficient (Wildman–Crippen LogP) is 3.79. The van der Waals surface area contributed by atoms with Gasteiger partial charge in [0.05, 0.1) is 0 Å². The second-order valence-corrected chi connectivity index (χ2v) is 2.13. The van der Waals surface area contributed by atoms with Crippen molar-refractivity contribution in [3.05, 3.63) is 54.6 Å². The van der Waals surface area contributed by atoms with Gasteiger partial charge in [-0.2, -0.15) is 0 Å². The topological polar surface area (TPSA) is 0 Å². The van der Waals surface area contributed by atoms with Crippen LogP contribution in [0.3, 0.4) is 0 Å². The molecule has 1 heteroatoms. The molecule has 1 aromatic carbocycles. The van der Waals surface area contributed by atoms with Crippen molar-refractivity contribution in [1.82, 2.24) is 0 Å². The van der Waals surface area contributed by atoms with E-state index in [1.165, 1.54) is 0 Å². The van der Waals surface area contributed by atoms with Crippen LogP contribution in [0.5, 0.6) is 0 Å². The van der Waals surface area contributed by atoms with Crippen LogP contribution in [0.1, 0.15) is 5.56 Å². The molecule has 0 aromatic heterocycles. The first-order valence-corrected chi connectivity index (χ1v) is 3.59. The van der Waals surface area contributed by atoms with Crippen LogP contribution in [0, 0.1) is 0 Å². The second kappa shape index (κ2) is 5.75. The lowest BCUT2D eigenvalue weighted by atomic mass is 10.2. The highest BCUT2D eigenvalue weighted by Gasteiger charge is 1.89. The molecule has 0 N–H and O–H groups in total. The zero-order valence-electron chi connectivity index (χ0n) is 6.39. The molecule has 0 unspecified atom stereocenters. The molecule has 0 nitrogen and oxygen atoms in total. The molecule has 0 aliphatic carbocycles. The first-order chi connectivity index (χ1) is 5.34. The lowest BCUT2D eigenvalue weighted by Crippen LogP contribution is -1.69. The second-order valence-electron chi connectivity index (χ2n) is 1.73. The average molecular weight is 167 g/mol. The Bertz CT molecular complexity index is 228. The zero-order chi connectivity index (χ0) is 8.69. The number of halogens is 1. The summed E-state index contributed by atoms with van der Waals surface area (Å²) in [6.45, 7) is 9.61. The van der Waals surface area contributed by atoms with E-state index in [1.807, 2.05) is 24.3 Å². The molecule has 1 rings (SSSR count). The van der Waals surface area contributed by atoms with Gasteiger partial charge in [-0.15, -0.1) is 13.2 Å². The van der Waals surface area contributed by atoms with Crippen LogP contribution in [0.15, 0.2) is 44.0 Å². The predicted molar refractivity (Wildman–Crippen MR) is 52.8 cm³/mol. The quantitative estimate of drug-likeness (QED) is 0.557. The Kier molecular flexibility index (Phi) is 5.22. The molecular formula is C10H11Cl. The van der Waals surface area contributed by atoms with Crippen molar-refractivity contribution in [2.24, 2.45) is 0 Å². The third kappa shape index (κ3) is 3.06. The molecule has 0 aliphatic rings. The Balaban J connectivity index is 0.000000461. The summed E-state index contributed by atoms with van der Waals surface area (Å²) >= 11 is 5.75. The average Bonchev–Trinajstić information content (AvgIpc) is 2.09. The summed E-state index contributed by atoms with van der Waals surface area (Å²) in [5.41, 5.74) is 0.985. The molecule has 0 heterocycles. The maximum Gasteiger partial charge on any atom is 0.0478 e. The summed E-state index contributed by atoms with van der Waals surface area (Å²) in [5, 5.41) is 0.757. The normalized spacial score (nSPS) is 7.73. The Labute approximate surface area is 72.8 Å². The molecule has 0 atom stereocenters. The summed E-state index contributed by atoms with van der Waals surface area (Å²) in [7, 11) is 0. The molecule has 0 bridgehead atoms. The highest BCUT2D eigenvalue weighted by Crippen LogP contribution is 2.14.